The Morgan fingerprint density at radius 1 is 0.880 bits per heavy atom. The van der Waals surface area contributed by atoms with Gasteiger partial charge in [0.2, 0.25) is 0 Å². The number of fused-ring (bicyclic) bond motifs is 2. The summed E-state index contributed by atoms with van der Waals surface area (Å²) in [4.78, 5) is 14.0. The van der Waals surface area contributed by atoms with E-state index >= 15 is 0 Å². The van der Waals surface area contributed by atoms with Gasteiger partial charge in [0.1, 0.15) is 11.6 Å². The maximum Gasteiger partial charge on any atom is 0.198 e. The number of aromatic nitrogens is 4. The van der Waals surface area contributed by atoms with Gasteiger partial charge in [0.05, 0.1) is 16.6 Å². The summed E-state index contributed by atoms with van der Waals surface area (Å²) in [5, 5.41) is 0. The average Bonchev–Trinajstić information content (AvgIpc) is 2.98. The van der Waals surface area contributed by atoms with Crippen molar-refractivity contribution in [2.75, 3.05) is 0 Å². The van der Waals surface area contributed by atoms with Gasteiger partial charge >= 0.3 is 0 Å². The van der Waals surface area contributed by atoms with E-state index in [4.69, 9.17) is 4.98 Å². The molecule has 0 atom stereocenters. The van der Waals surface area contributed by atoms with Crippen molar-refractivity contribution < 1.29 is 4.39 Å². The smallest absolute Gasteiger partial charge is 0.198 e. The molecule has 2 heterocycles. The van der Waals surface area contributed by atoms with Crippen LogP contribution in [0.1, 0.15) is 26.2 Å². The molecule has 0 aliphatic carbocycles. The van der Waals surface area contributed by atoms with Gasteiger partial charge in [-0.2, -0.15) is 0 Å². The SMILES string of the molecule is CCCCCn1c(-c2ccccc2F)nc2nc3ccccc3nc21. The van der Waals surface area contributed by atoms with Gasteiger partial charge in [0.25, 0.3) is 0 Å². The Kier molecular flexibility index (Phi) is 4.14. The molecule has 4 aromatic rings. The van der Waals surface area contributed by atoms with Gasteiger partial charge in [-0.15, -0.1) is 0 Å². The van der Waals surface area contributed by atoms with Crippen LogP contribution in [0.15, 0.2) is 48.5 Å². The van der Waals surface area contributed by atoms with Crippen molar-refractivity contribution in [1.29, 1.82) is 0 Å². The standard InChI is InChI=1S/C20H19FN4/c1-2-3-8-13-25-19(14-9-4-5-10-15(14)21)24-18-20(25)23-17-12-7-6-11-16(17)22-18/h4-7,9-12H,2-3,8,13H2,1H3. The van der Waals surface area contributed by atoms with Crippen molar-refractivity contribution in [2.24, 2.45) is 0 Å². The second-order valence-corrected chi connectivity index (χ2v) is 6.13. The molecule has 0 saturated carbocycles. The highest BCUT2D eigenvalue weighted by atomic mass is 19.1. The average molecular weight is 334 g/mol. The third-order valence-corrected chi connectivity index (χ3v) is 4.36. The predicted octanol–water partition coefficient (Wildman–Crippen LogP) is 4.98. The molecule has 4 nitrogen and oxygen atoms in total. The van der Waals surface area contributed by atoms with Crippen LogP contribution in [0.25, 0.3) is 33.7 Å². The summed E-state index contributed by atoms with van der Waals surface area (Å²) < 4.78 is 16.4. The number of hydrogen-bond donors (Lipinski definition) is 0. The Balaban J connectivity index is 1.95. The lowest BCUT2D eigenvalue weighted by Gasteiger charge is -2.09. The van der Waals surface area contributed by atoms with Gasteiger partial charge in [0, 0.05) is 6.54 Å². The molecule has 0 amide bonds. The number of nitrogens with zero attached hydrogens (tertiary/aromatic N) is 4. The number of unbranched alkanes of at least 4 members (excludes halogenated alkanes) is 2. The fourth-order valence-electron chi connectivity index (χ4n) is 3.08. The molecule has 0 saturated heterocycles. The van der Waals surface area contributed by atoms with E-state index in [1.807, 2.05) is 34.9 Å². The molecular weight excluding hydrogens is 315 g/mol. The second kappa shape index (κ2) is 6.59. The molecule has 126 valence electrons. The summed E-state index contributed by atoms with van der Waals surface area (Å²) in [6, 6.07) is 14.5. The molecule has 0 unspecified atom stereocenters. The monoisotopic (exact) mass is 334 g/mol. The van der Waals surface area contributed by atoms with Gasteiger partial charge in [0.15, 0.2) is 11.3 Å². The lowest BCUT2D eigenvalue weighted by atomic mass is 10.2. The van der Waals surface area contributed by atoms with Crippen LogP contribution in [-0.4, -0.2) is 19.5 Å². The minimum atomic E-state index is -0.279. The van der Waals surface area contributed by atoms with Crippen molar-refractivity contribution >= 4 is 22.3 Å². The van der Waals surface area contributed by atoms with Gasteiger partial charge < -0.3 is 4.57 Å². The zero-order chi connectivity index (χ0) is 17.2. The number of para-hydroxylation sites is 2. The number of halogens is 1. The Morgan fingerprint density at radius 3 is 2.36 bits per heavy atom. The van der Waals surface area contributed by atoms with Gasteiger partial charge in [-0.25, -0.2) is 19.3 Å². The normalized spacial score (nSPS) is 11.4. The lowest BCUT2D eigenvalue weighted by Crippen LogP contribution is -2.03. The van der Waals surface area contributed by atoms with Crippen molar-refractivity contribution in [2.45, 2.75) is 32.7 Å². The number of hydrogen-bond acceptors (Lipinski definition) is 3. The van der Waals surface area contributed by atoms with Crippen molar-refractivity contribution in [1.82, 2.24) is 19.5 Å². The molecule has 0 aliphatic rings. The summed E-state index contributed by atoms with van der Waals surface area (Å²) in [6.07, 6.45) is 3.23. The third-order valence-electron chi connectivity index (χ3n) is 4.36. The van der Waals surface area contributed by atoms with E-state index in [0.29, 0.717) is 22.7 Å². The van der Waals surface area contributed by atoms with E-state index in [0.717, 1.165) is 36.8 Å². The molecule has 0 aliphatic heterocycles. The number of benzene rings is 2. The zero-order valence-corrected chi connectivity index (χ0v) is 14.1. The first-order valence-electron chi connectivity index (χ1n) is 8.66. The number of imidazole rings is 1. The Morgan fingerprint density at radius 2 is 1.60 bits per heavy atom. The largest absolute Gasteiger partial charge is 0.307 e. The van der Waals surface area contributed by atoms with Crippen LogP contribution < -0.4 is 0 Å². The Labute approximate surface area is 145 Å². The minimum absolute atomic E-state index is 0.279. The Bertz CT molecular complexity index is 1040. The van der Waals surface area contributed by atoms with Gasteiger partial charge in [-0.3, -0.25) is 0 Å². The molecular formula is C20H19FN4. The van der Waals surface area contributed by atoms with Crippen LogP contribution in [0.2, 0.25) is 0 Å². The summed E-state index contributed by atoms with van der Waals surface area (Å²) in [5.41, 5.74) is 3.39. The first kappa shape index (κ1) is 15.7. The van der Waals surface area contributed by atoms with Crippen LogP contribution in [0.5, 0.6) is 0 Å². The molecule has 25 heavy (non-hydrogen) atoms. The number of aryl methyl sites for hydroxylation is 1. The Hall–Kier alpha value is -2.82. The van der Waals surface area contributed by atoms with E-state index in [9.17, 15) is 4.39 Å². The van der Waals surface area contributed by atoms with Crippen molar-refractivity contribution in [3.8, 4) is 11.4 Å². The number of rotatable bonds is 5. The van der Waals surface area contributed by atoms with E-state index < -0.39 is 0 Å². The fourth-order valence-corrected chi connectivity index (χ4v) is 3.08. The molecule has 2 aromatic heterocycles. The van der Waals surface area contributed by atoms with Crippen molar-refractivity contribution in [3.63, 3.8) is 0 Å². The van der Waals surface area contributed by atoms with Crippen LogP contribution in [0, 0.1) is 5.82 Å². The topological polar surface area (TPSA) is 43.6 Å². The molecule has 0 N–H and O–H groups in total. The maximum atomic E-state index is 14.4. The molecule has 4 rings (SSSR count). The first-order valence-corrected chi connectivity index (χ1v) is 8.66. The van der Waals surface area contributed by atoms with Crippen LogP contribution >= 0.6 is 0 Å². The summed E-state index contributed by atoms with van der Waals surface area (Å²) in [7, 11) is 0. The van der Waals surface area contributed by atoms with Crippen LogP contribution in [0.4, 0.5) is 4.39 Å². The van der Waals surface area contributed by atoms with E-state index in [-0.39, 0.29) is 5.82 Å². The zero-order valence-electron chi connectivity index (χ0n) is 14.1. The fraction of sp³-hybridized carbons (Fsp3) is 0.250. The minimum Gasteiger partial charge on any atom is -0.307 e. The van der Waals surface area contributed by atoms with Gasteiger partial charge in [-0.1, -0.05) is 44.0 Å². The lowest BCUT2D eigenvalue weighted by molar-refractivity contribution is 0.605. The molecule has 5 heteroatoms. The van der Waals surface area contributed by atoms with Gasteiger partial charge in [-0.05, 0) is 30.7 Å². The third kappa shape index (κ3) is 2.86. The quantitative estimate of drug-likeness (QED) is 0.484. The molecule has 0 radical (unpaired) electrons. The maximum absolute atomic E-state index is 14.4. The highest BCUT2D eigenvalue weighted by Crippen LogP contribution is 2.27. The highest BCUT2D eigenvalue weighted by molar-refractivity contribution is 5.84. The molecule has 0 spiro atoms. The summed E-state index contributed by atoms with van der Waals surface area (Å²) in [5.74, 6) is 0.318. The van der Waals surface area contributed by atoms with E-state index in [2.05, 4.69) is 16.9 Å². The summed E-state index contributed by atoms with van der Waals surface area (Å²) >= 11 is 0. The van der Waals surface area contributed by atoms with E-state index in [1.165, 1.54) is 6.07 Å². The molecule has 2 aromatic carbocycles. The second-order valence-electron chi connectivity index (χ2n) is 6.13. The van der Waals surface area contributed by atoms with Crippen molar-refractivity contribution in [3.05, 3.63) is 54.3 Å². The highest BCUT2D eigenvalue weighted by Gasteiger charge is 2.17. The predicted molar refractivity (Wildman–Crippen MR) is 97.7 cm³/mol. The van der Waals surface area contributed by atoms with Crippen LogP contribution in [-0.2, 0) is 6.54 Å². The molecule has 0 bridgehead atoms. The molecule has 0 fully saturated rings. The first-order chi connectivity index (χ1) is 12.3. The summed E-state index contributed by atoms with van der Waals surface area (Å²) in [6.45, 7) is 2.91. The van der Waals surface area contributed by atoms with E-state index in [1.54, 1.807) is 12.1 Å². The van der Waals surface area contributed by atoms with Crippen LogP contribution in [0.3, 0.4) is 0 Å².